The molecule has 2 aromatic heterocycles. The maximum Gasteiger partial charge on any atom is 0.329 e. The van der Waals surface area contributed by atoms with Crippen LogP contribution in [0, 0.1) is 0 Å². The summed E-state index contributed by atoms with van der Waals surface area (Å²) in [5, 5.41) is 4.17. The first kappa shape index (κ1) is 16.7. The van der Waals surface area contributed by atoms with Crippen LogP contribution in [0.25, 0.3) is 11.2 Å². The molecule has 0 aliphatic heterocycles. The summed E-state index contributed by atoms with van der Waals surface area (Å²) in [5.41, 5.74) is 4.65. The highest BCUT2D eigenvalue weighted by molar-refractivity contribution is 5.80. The minimum atomic E-state index is -0.504. The molecule has 0 fully saturated rings. The largest absolute Gasteiger partial charge is 0.329 e. The molecular formula is C17H20N6O2. The number of aromatic nitrogens is 4. The minimum absolute atomic E-state index is 0.301. The van der Waals surface area contributed by atoms with E-state index >= 15 is 0 Å². The summed E-state index contributed by atoms with van der Waals surface area (Å²) in [7, 11) is 3.24. The molecule has 25 heavy (non-hydrogen) atoms. The molecule has 130 valence electrons. The van der Waals surface area contributed by atoms with Gasteiger partial charge in [-0.05, 0) is 17.0 Å². The lowest BCUT2D eigenvalue weighted by Gasteiger charge is -2.04. The number of hydrogen-bond donors (Lipinski definition) is 2. The number of nitrogens with zero attached hydrogens (tertiary/aromatic N) is 4. The van der Waals surface area contributed by atoms with Gasteiger partial charge in [-0.3, -0.25) is 14.3 Å². The topological polar surface area (TPSA) is 97.1 Å². The fourth-order valence-electron chi connectivity index (χ4n) is 2.54. The van der Waals surface area contributed by atoms with Gasteiger partial charge in [0.25, 0.3) is 5.56 Å². The Morgan fingerprint density at radius 1 is 1.16 bits per heavy atom. The lowest BCUT2D eigenvalue weighted by Crippen LogP contribution is -2.29. The molecule has 2 N–H and O–H groups in total. The summed E-state index contributed by atoms with van der Waals surface area (Å²) in [6.45, 7) is 4.29. The van der Waals surface area contributed by atoms with Gasteiger partial charge in [-0.1, -0.05) is 38.1 Å². The number of nitrogens with one attached hydrogen (secondary N) is 2. The Morgan fingerprint density at radius 3 is 2.48 bits per heavy atom. The van der Waals surface area contributed by atoms with Gasteiger partial charge >= 0.3 is 5.69 Å². The smallest absolute Gasteiger partial charge is 0.306 e. The number of hydrogen-bond acceptors (Lipinski definition) is 5. The molecule has 2 heterocycles. The van der Waals surface area contributed by atoms with Gasteiger partial charge in [-0.25, -0.2) is 10.2 Å². The zero-order chi connectivity index (χ0) is 18.1. The van der Waals surface area contributed by atoms with E-state index in [0.29, 0.717) is 23.0 Å². The molecule has 0 aliphatic rings. The first-order valence-corrected chi connectivity index (χ1v) is 7.93. The highest BCUT2D eigenvalue weighted by Crippen LogP contribution is 2.14. The normalized spacial score (nSPS) is 11.7. The Bertz CT molecular complexity index is 1050. The van der Waals surface area contributed by atoms with E-state index in [1.54, 1.807) is 24.9 Å². The van der Waals surface area contributed by atoms with Gasteiger partial charge in [0.1, 0.15) is 0 Å². The fourth-order valence-corrected chi connectivity index (χ4v) is 2.54. The predicted octanol–water partition coefficient (Wildman–Crippen LogP) is 1.53. The Labute approximate surface area is 143 Å². The van der Waals surface area contributed by atoms with E-state index in [1.807, 2.05) is 12.1 Å². The minimum Gasteiger partial charge on any atom is -0.306 e. The third-order valence-electron chi connectivity index (χ3n) is 4.12. The molecular weight excluding hydrogens is 320 g/mol. The first-order chi connectivity index (χ1) is 11.9. The van der Waals surface area contributed by atoms with Crippen LogP contribution in [0.2, 0.25) is 0 Å². The first-order valence-electron chi connectivity index (χ1n) is 7.93. The molecule has 0 unspecified atom stereocenters. The van der Waals surface area contributed by atoms with Gasteiger partial charge in [0.2, 0.25) is 5.95 Å². The van der Waals surface area contributed by atoms with E-state index in [2.05, 4.69) is 46.5 Å². The Morgan fingerprint density at radius 2 is 1.84 bits per heavy atom. The molecule has 0 radical (unpaired) electrons. The summed E-state index contributed by atoms with van der Waals surface area (Å²) >= 11 is 0. The average Bonchev–Trinajstić information content (AvgIpc) is 2.91. The van der Waals surface area contributed by atoms with Crippen LogP contribution < -0.4 is 16.7 Å². The Kier molecular flexibility index (Phi) is 4.26. The van der Waals surface area contributed by atoms with Gasteiger partial charge in [-0.15, -0.1) is 0 Å². The molecule has 8 heteroatoms. The third-order valence-corrected chi connectivity index (χ3v) is 4.12. The van der Waals surface area contributed by atoms with Crippen molar-refractivity contribution in [2.75, 3.05) is 5.43 Å². The average molecular weight is 340 g/mol. The molecule has 0 saturated heterocycles. The van der Waals surface area contributed by atoms with Crippen LogP contribution in [-0.4, -0.2) is 25.3 Å². The van der Waals surface area contributed by atoms with Crippen LogP contribution in [0.4, 0.5) is 5.95 Å². The second kappa shape index (κ2) is 6.39. The quantitative estimate of drug-likeness (QED) is 0.556. The standard InChI is InChI=1S/C17H20N6O2/c1-10(2)12-7-5-11(6-8-12)9-18-21-16-19-14-13(22(16)3)15(24)20-17(25)23(14)4/h5-10H,1-4H3,(H,19,21)(H,20,24,25)/b18-9-. The summed E-state index contributed by atoms with van der Waals surface area (Å²) < 4.78 is 2.85. The highest BCUT2D eigenvalue weighted by atomic mass is 16.2. The van der Waals surface area contributed by atoms with Crippen molar-refractivity contribution in [2.45, 2.75) is 19.8 Å². The van der Waals surface area contributed by atoms with Crippen molar-refractivity contribution in [3.63, 3.8) is 0 Å². The molecule has 0 saturated carbocycles. The van der Waals surface area contributed by atoms with E-state index in [-0.39, 0.29) is 0 Å². The van der Waals surface area contributed by atoms with Crippen molar-refractivity contribution in [2.24, 2.45) is 19.2 Å². The number of anilines is 1. The maximum absolute atomic E-state index is 12.0. The van der Waals surface area contributed by atoms with Crippen molar-refractivity contribution < 1.29 is 0 Å². The van der Waals surface area contributed by atoms with Crippen molar-refractivity contribution in [3.8, 4) is 0 Å². The SMILES string of the molecule is CC(C)c1ccc(/C=N\Nc2nc3c(c(=O)[nH]c(=O)n3C)n2C)cc1. The predicted molar refractivity (Wildman–Crippen MR) is 98.3 cm³/mol. The second-order valence-corrected chi connectivity index (χ2v) is 6.18. The lowest BCUT2D eigenvalue weighted by atomic mass is 10.0. The molecule has 0 amide bonds. The maximum atomic E-state index is 12.0. The second-order valence-electron chi connectivity index (χ2n) is 6.18. The van der Waals surface area contributed by atoms with E-state index in [4.69, 9.17) is 0 Å². The van der Waals surface area contributed by atoms with Crippen molar-refractivity contribution in [3.05, 3.63) is 56.2 Å². The number of fused-ring (bicyclic) bond motifs is 1. The number of imidazole rings is 1. The number of aromatic amines is 1. The molecule has 3 rings (SSSR count). The molecule has 0 spiro atoms. The fraction of sp³-hybridized carbons (Fsp3) is 0.294. The number of benzene rings is 1. The number of hydrazone groups is 1. The summed E-state index contributed by atoms with van der Waals surface area (Å²) in [5.74, 6) is 0.852. The van der Waals surface area contributed by atoms with Crippen molar-refractivity contribution >= 4 is 23.3 Å². The molecule has 0 bridgehead atoms. The van der Waals surface area contributed by atoms with Crippen LogP contribution in [0.3, 0.4) is 0 Å². The summed E-state index contributed by atoms with van der Waals surface area (Å²) in [6.07, 6.45) is 1.67. The van der Waals surface area contributed by atoms with Crippen LogP contribution in [0.15, 0.2) is 39.0 Å². The van der Waals surface area contributed by atoms with Crippen LogP contribution >= 0.6 is 0 Å². The van der Waals surface area contributed by atoms with Gasteiger partial charge in [0, 0.05) is 14.1 Å². The third kappa shape index (κ3) is 3.10. The van der Waals surface area contributed by atoms with E-state index in [9.17, 15) is 9.59 Å². The Hall–Kier alpha value is -3.16. The van der Waals surface area contributed by atoms with E-state index in [0.717, 1.165) is 5.56 Å². The van der Waals surface area contributed by atoms with Crippen molar-refractivity contribution in [1.82, 2.24) is 19.1 Å². The molecule has 8 nitrogen and oxygen atoms in total. The molecule has 0 aliphatic carbocycles. The van der Waals surface area contributed by atoms with Gasteiger partial charge in [-0.2, -0.15) is 10.1 Å². The number of rotatable bonds is 4. The molecule has 0 atom stereocenters. The van der Waals surface area contributed by atoms with E-state index in [1.165, 1.54) is 10.1 Å². The monoisotopic (exact) mass is 340 g/mol. The van der Waals surface area contributed by atoms with Crippen LogP contribution in [-0.2, 0) is 14.1 Å². The van der Waals surface area contributed by atoms with Crippen molar-refractivity contribution in [1.29, 1.82) is 0 Å². The highest BCUT2D eigenvalue weighted by Gasteiger charge is 2.14. The Balaban J connectivity index is 1.87. The lowest BCUT2D eigenvalue weighted by molar-refractivity contribution is 0.829. The van der Waals surface area contributed by atoms with E-state index < -0.39 is 11.2 Å². The van der Waals surface area contributed by atoms with Gasteiger partial charge < -0.3 is 4.57 Å². The van der Waals surface area contributed by atoms with Gasteiger partial charge in [0.15, 0.2) is 11.2 Å². The number of H-pyrrole nitrogens is 1. The van der Waals surface area contributed by atoms with Crippen LogP contribution in [0.5, 0.6) is 0 Å². The number of aryl methyl sites for hydroxylation is 2. The molecule has 1 aromatic carbocycles. The molecule has 3 aromatic rings. The summed E-state index contributed by atoms with van der Waals surface area (Å²) in [4.78, 5) is 30.2. The van der Waals surface area contributed by atoms with Gasteiger partial charge in [0.05, 0.1) is 6.21 Å². The van der Waals surface area contributed by atoms with Crippen LogP contribution in [0.1, 0.15) is 30.9 Å². The zero-order valence-electron chi connectivity index (χ0n) is 14.6. The zero-order valence-corrected chi connectivity index (χ0v) is 14.6. The summed E-state index contributed by atoms with van der Waals surface area (Å²) in [6, 6.07) is 8.11.